The summed E-state index contributed by atoms with van der Waals surface area (Å²) < 4.78 is 6.25. The molecule has 6 nitrogen and oxygen atoms in total. The van der Waals surface area contributed by atoms with Crippen LogP contribution in [0.3, 0.4) is 0 Å². The smallest absolute Gasteiger partial charge is 0.255 e. The second-order valence-electron chi connectivity index (χ2n) is 6.93. The summed E-state index contributed by atoms with van der Waals surface area (Å²) >= 11 is 3.46. The van der Waals surface area contributed by atoms with Gasteiger partial charge in [0.25, 0.3) is 5.91 Å². The zero-order valence-electron chi connectivity index (χ0n) is 15.6. The Bertz CT molecular complexity index is 963. The summed E-state index contributed by atoms with van der Waals surface area (Å²) in [7, 11) is 0. The van der Waals surface area contributed by atoms with Gasteiger partial charge in [-0.25, -0.2) is 0 Å². The molecule has 0 aliphatic carbocycles. The summed E-state index contributed by atoms with van der Waals surface area (Å²) in [6.07, 6.45) is 0. The number of nitrogens with zero attached hydrogens (tertiary/aromatic N) is 4. The molecule has 4 rings (SSSR count). The minimum absolute atomic E-state index is 0.0616. The van der Waals surface area contributed by atoms with E-state index >= 15 is 0 Å². The van der Waals surface area contributed by atoms with Gasteiger partial charge in [-0.1, -0.05) is 47.1 Å². The molecular weight excluding hydrogens is 420 g/mol. The normalized spacial score (nSPS) is 15.0. The van der Waals surface area contributed by atoms with E-state index in [9.17, 15) is 4.79 Å². The van der Waals surface area contributed by atoms with E-state index < -0.39 is 0 Å². The lowest BCUT2D eigenvalue weighted by atomic mass is 10.1. The van der Waals surface area contributed by atoms with Crippen LogP contribution in [0, 0.1) is 6.92 Å². The maximum absolute atomic E-state index is 12.7. The summed E-state index contributed by atoms with van der Waals surface area (Å²) in [6.45, 7) is 5.55. The van der Waals surface area contributed by atoms with E-state index in [0.717, 1.165) is 23.1 Å². The molecule has 0 N–H and O–H groups in total. The first-order valence-electron chi connectivity index (χ1n) is 9.26. The average Bonchev–Trinajstić information content (AvgIpc) is 3.17. The summed E-state index contributed by atoms with van der Waals surface area (Å²) in [6, 6.07) is 15.6. The number of hydrogen-bond acceptors (Lipinski definition) is 5. The van der Waals surface area contributed by atoms with Crippen LogP contribution in [0.15, 0.2) is 57.5 Å². The molecule has 1 saturated heterocycles. The van der Waals surface area contributed by atoms with Crippen LogP contribution in [0.4, 0.5) is 0 Å². The number of hydrogen-bond donors (Lipinski definition) is 0. The number of carbonyl (C=O) groups excluding carboxylic acids is 1. The Morgan fingerprint density at radius 2 is 1.79 bits per heavy atom. The summed E-state index contributed by atoms with van der Waals surface area (Å²) in [5.74, 6) is 1.27. The molecule has 2 aromatic carbocycles. The van der Waals surface area contributed by atoms with Crippen LogP contribution in [-0.2, 0) is 6.54 Å². The first kappa shape index (κ1) is 18.8. The quantitative estimate of drug-likeness (QED) is 0.617. The predicted octanol–water partition coefficient (Wildman–Crippen LogP) is 3.77. The fourth-order valence-electron chi connectivity index (χ4n) is 3.24. The van der Waals surface area contributed by atoms with E-state index in [1.807, 2.05) is 60.4 Å². The Morgan fingerprint density at radius 1 is 1.07 bits per heavy atom. The van der Waals surface area contributed by atoms with Gasteiger partial charge < -0.3 is 9.42 Å². The third kappa shape index (κ3) is 4.15. The monoisotopic (exact) mass is 440 g/mol. The van der Waals surface area contributed by atoms with Gasteiger partial charge in [-0.2, -0.15) is 4.98 Å². The van der Waals surface area contributed by atoms with Crippen LogP contribution in [0.2, 0.25) is 0 Å². The Hall–Kier alpha value is -2.51. The van der Waals surface area contributed by atoms with Crippen molar-refractivity contribution < 1.29 is 9.32 Å². The Balaban J connectivity index is 1.34. The van der Waals surface area contributed by atoms with Crippen LogP contribution in [-0.4, -0.2) is 52.0 Å². The van der Waals surface area contributed by atoms with Crippen molar-refractivity contribution >= 4 is 21.8 Å². The van der Waals surface area contributed by atoms with Crippen molar-refractivity contribution in [3.05, 3.63) is 70.0 Å². The first-order valence-corrected chi connectivity index (χ1v) is 10.1. The average molecular weight is 441 g/mol. The molecule has 1 aliphatic rings. The fraction of sp³-hybridized carbons (Fsp3) is 0.286. The van der Waals surface area contributed by atoms with Gasteiger partial charge in [-0.15, -0.1) is 0 Å². The molecule has 0 radical (unpaired) electrons. The number of piperazine rings is 1. The van der Waals surface area contributed by atoms with Crippen LogP contribution in [0.25, 0.3) is 11.4 Å². The molecular formula is C21H21BrN4O2. The molecule has 1 amide bonds. The van der Waals surface area contributed by atoms with Crippen molar-refractivity contribution in [3.8, 4) is 11.4 Å². The van der Waals surface area contributed by atoms with Crippen molar-refractivity contribution in [1.29, 1.82) is 0 Å². The Morgan fingerprint density at radius 3 is 2.50 bits per heavy atom. The van der Waals surface area contributed by atoms with Crippen molar-refractivity contribution in [2.45, 2.75) is 13.5 Å². The third-order valence-electron chi connectivity index (χ3n) is 4.90. The van der Waals surface area contributed by atoms with E-state index in [0.29, 0.717) is 36.9 Å². The van der Waals surface area contributed by atoms with Gasteiger partial charge in [0.2, 0.25) is 11.7 Å². The number of rotatable bonds is 4. The molecule has 0 spiro atoms. The number of carbonyl (C=O) groups is 1. The number of aromatic nitrogens is 2. The molecule has 2 heterocycles. The minimum atomic E-state index is 0.0616. The second kappa shape index (κ2) is 8.24. The van der Waals surface area contributed by atoms with Gasteiger partial charge in [0.05, 0.1) is 12.1 Å². The molecule has 1 aliphatic heterocycles. The third-order valence-corrected chi connectivity index (χ3v) is 5.59. The van der Waals surface area contributed by atoms with Gasteiger partial charge in [-0.3, -0.25) is 9.69 Å². The molecule has 0 unspecified atom stereocenters. The van der Waals surface area contributed by atoms with Crippen molar-refractivity contribution in [2.24, 2.45) is 0 Å². The van der Waals surface area contributed by atoms with E-state index in [2.05, 4.69) is 31.0 Å². The SMILES string of the molecule is Cc1ccc(-c2noc(CN3CCN(C(=O)c4ccccc4Br)CC3)n2)cc1. The highest BCUT2D eigenvalue weighted by atomic mass is 79.9. The lowest BCUT2D eigenvalue weighted by Crippen LogP contribution is -2.48. The van der Waals surface area contributed by atoms with Crippen molar-refractivity contribution in [3.63, 3.8) is 0 Å². The first-order chi connectivity index (χ1) is 13.6. The van der Waals surface area contributed by atoms with Gasteiger partial charge >= 0.3 is 0 Å². The van der Waals surface area contributed by atoms with Crippen LogP contribution >= 0.6 is 15.9 Å². The number of halogens is 1. The lowest BCUT2D eigenvalue weighted by Gasteiger charge is -2.34. The molecule has 7 heteroatoms. The zero-order valence-corrected chi connectivity index (χ0v) is 17.2. The number of benzene rings is 2. The lowest BCUT2D eigenvalue weighted by molar-refractivity contribution is 0.0614. The standard InChI is InChI=1S/C21H21BrN4O2/c1-15-6-8-16(9-7-15)20-23-19(28-24-20)14-25-10-12-26(13-11-25)21(27)17-4-2-3-5-18(17)22/h2-9H,10-14H2,1H3. The van der Waals surface area contributed by atoms with Crippen molar-refractivity contribution in [1.82, 2.24) is 19.9 Å². The Labute approximate surface area is 172 Å². The van der Waals surface area contributed by atoms with Gasteiger partial charge in [-0.05, 0) is 35.0 Å². The highest BCUT2D eigenvalue weighted by Crippen LogP contribution is 2.20. The molecule has 0 atom stereocenters. The van der Waals surface area contributed by atoms with Crippen molar-refractivity contribution in [2.75, 3.05) is 26.2 Å². The highest BCUT2D eigenvalue weighted by molar-refractivity contribution is 9.10. The zero-order chi connectivity index (χ0) is 19.5. The van der Waals surface area contributed by atoms with Crippen LogP contribution < -0.4 is 0 Å². The van der Waals surface area contributed by atoms with Crippen LogP contribution in [0.1, 0.15) is 21.8 Å². The topological polar surface area (TPSA) is 62.5 Å². The van der Waals surface area contributed by atoms with E-state index in [1.54, 1.807) is 0 Å². The maximum atomic E-state index is 12.7. The second-order valence-corrected chi connectivity index (χ2v) is 7.78. The molecule has 144 valence electrons. The van der Waals surface area contributed by atoms with Gasteiger partial charge in [0, 0.05) is 36.2 Å². The Kier molecular flexibility index (Phi) is 5.54. The van der Waals surface area contributed by atoms with E-state index in [4.69, 9.17) is 4.52 Å². The van der Waals surface area contributed by atoms with Gasteiger partial charge in [0.1, 0.15) is 0 Å². The maximum Gasteiger partial charge on any atom is 0.255 e. The van der Waals surface area contributed by atoms with Crippen LogP contribution in [0.5, 0.6) is 0 Å². The highest BCUT2D eigenvalue weighted by Gasteiger charge is 2.24. The largest absolute Gasteiger partial charge is 0.338 e. The number of aryl methyl sites for hydroxylation is 1. The van der Waals surface area contributed by atoms with E-state index in [1.165, 1.54) is 5.56 Å². The summed E-state index contributed by atoms with van der Waals surface area (Å²) in [4.78, 5) is 21.3. The van der Waals surface area contributed by atoms with Gasteiger partial charge in [0.15, 0.2) is 0 Å². The number of amides is 1. The van der Waals surface area contributed by atoms with E-state index in [-0.39, 0.29) is 5.91 Å². The summed E-state index contributed by atoms with van der Waals surface area (Å²) in [5.41, 5.74) is 2.85. The molecule has 28 heavy (non-hydrogen) atoms. The predicted molar refractivity (Wildman–Crippen MR) is 110 cm³/mol. The molecule has 1 fully saturated rings. The molecule has 1 aromatic heterocycles. The molecule has 0 bridgehead atoms. The summed E-state index contributed by atoms with van der Waals surface area (Å²) in [5, 5.41) is 4.09. The molecule has 3 aromatic rings. The minimum Gasteiger partial charge on any atom is -0.338 e. The fourth-order valence-corrected chi connectivity index (χ4v) is 3.70. The molecule has 0 saturated carbocycles.